The molecule has 9 heteroatoms. The van der Waals surface area contributed by atoms with Crippen molar-refractivity contribution in [3.05, 3.63) is 22.2 Å². The maximum Gasteiger partial charge on any atom is 0.300 e. The Hall–Kier alpha value is -3.02. The third kappa shape index (κ3) is 1.94. The predicted octanol–water partition coefficient (Wildman–Crippen LogP) is 0.983. The number of amides is 1. The summed E-state index contributed by atoms with van der Waals surface area (Å²) in [7, 11) is 0. The van der Waals surface area contributed by atoms with Crippen molar-refractivity contribution in [2.24, 2.45) is 0 Å². The van der Waals surface area contributed by atoms with Gasteiger partial charge in [0.1, 0.15) is 6.42 Å². The number of benzene rings is 1. The van der Waals surface area contributed by atoms with Gasteiger partial charge in [0, 0.05) is 6.07 Å². The van der Waals surface area contributed by atoms with Crippen LogP contribution in [0.3, 0.4) is 0 Å². The quantitative estimate of drug-likeness (QED) is 0.630. The van der Waals surface area contributed by atoms with Crippen molar-refractivity contribution in [2.75, 3.05) is 5.32 Å². The minimum atomic E-state index is -0.632. The van der Waals surface area contributed by atoms with Gasteiger partial charge in [-0.1, -0.05) is 0 Å². The Labute approximate surface area is 99.1 Å². The second-order valence-electron chi connectivity index (χ2n) is 3.23. The maximum absolute atomic E-state index is 11.3. The number of non-ortho nitro benzene ring substituents is 1. The smallest absolute Gasteiger partial charge is 0.300 e. The van der Waals surface area contributed by atoms with Crippen LogP contribution < -0.4 is 5.32 Å². The summed E-state index contributed by atoms with van der Waals surface area (Å²) in [6, 6.07) is 4.16. The molecule has 0 radical (unpaired) electrons. The molecule has 0 aliphatic carbocycles. The molecule has 0 unspecified atom stereocenters. The first-order valence-electron chi connectivity index (χ1n) is 4.70. The minimum absolute atomic E-state index is 0.0604. The third-order valence-corrected chi connectivity index (χ3v) is 2.10. The standard InChI is InChI=1S/C9H5N5O4/c10-4-3-7(15)11-5-1-2-6(14(16)17)9-8(5)12-18-13-9/h1-2H,3H2,(H,11,15). The number of anilines is 1. The van der Waals surface area contributed by atoms with Crippen molar-refractivity contribution in [3.63, 3.8) is 0 Å². The molecule has 1 aromatic heterocycles. The topological polar surface area (TPSA) is 135 Å². The number of hydrogen-bond donors (Lipinski definition) is 1. The van der Waals surface area contributed by atoms with Gasteiger partial charge in [0.05, 0.1) is 16.7 Å². The lowest BCUT2D eigenvalue weighted by atomic mass is 10.2. The number of carbonyl (C=O) groups excluding carboxylic acids is 1. The summed E-state index contributed by atoms with van der Waals surface area (Å²) in [5.74, 6) is -0.546. The Bertz CT molecular complexity index is 671. The van der Waals surface area contributed by atoms with Crippen molar-refractivity contribution in [3.8, 4) is 6.07 Å². The molecule has 2 rings (SSSR count). The van der Waals surface area contributed by atoms with E-state index in [0.717, 1.165) is 0 Å². The van der Waals surface area contributed by atoms with Gasteiger partial charge in [-0.3, -0.25) is 14.9 Å². The van der Waals surface area contributed by atoms with E-state index in [1.54, 1.807) is 6.07 Å². The van der Waals surface area contributed by atoms with Gasteiger partial charge in [0.2, 0.25) is 11.4 Å². The molecule has 1 N–H and O–H groups in total. The highest BCUT2D eigenvalue weighted by atomic mass is 16.6. The molecule has 0 atom stereocenters. The van der Waals surface area contributed by atoms with Gasteiger partial charge in [0.15, 0.2) is 5.52 Å². The fourth-order valence-corrected chi connectivity index (χ4v) is 1.37. The molecule has 90 valence electrons. The summed E-state index contributed by atoms with van der Waals surface area (Å²) in [6.45, 7) is 0. The van der Waals surface area contributed by atoms with Crippen LogP contribution >= 0.6 is 0 Å². The molecule has 0 bridgehead atoms. The summed E-state index contributed by atoms with van der Waals surface area (Å²) >= 11 is 0. The van der Waals surface area contributed by atoms with Crippen molar-refractivity contribution < 1.29 is 14.3 Å². The second-order valence-corrected chi connectivity index (χ2v) is 3.23. The van der Waals surface area contributed by atoms with Crippen LogP contribution in [-0.4, -0.2) is 21.1 Å². The van der Waals surface area contributed by atoms with E-state index in [1.165, 1.54) is 12.1 Å². The normalized spacial score (nSPS) is 9.94. The first-order chi connectivity index (χ1) is 8.63. The van der Waals surface area contributed by atoms with E-state index in [2.05, 4.69) is 20.3 Å². The number of nitriles is 1. The molecule has 0 aliphatic rings. The highest BCUT2D eigenvalue weighted by molar-refractivity contribution is 6.02. The van der Waals surface area contributed by atoms with Gasteiger partial charge in [0.25, 0.3) is 0 Å². The van der Waals surface area contributed by atoms with Gasteiger partial charge in [-0.25, -0.2) is 4.63 Å². The van der Waals surface area contributed by atoms with Gasteiger partial charge in [-0.2, -0.15) is 5.26 Å². The number of rotatable bonds is 3. The van der Waals surface area contributed by atoms with Crippen LogP contribution in [-0.2, 0) is 4.79 Å². The van der Waals surface area contributed by atoms with Crippen LogP contribution in [0, 0.1) is 21.4 Å². The van der Waals surface area contributed by atoms with E-state index in [0.29, 0.717) is 0 Å². The monoisotopic (exact) mass is 247 g/mol. The molecule has 9 nitrogen and oxygen atoms in total. The summed E-state index contributed by atoms with van der Waals surface area (Å²) in [5, 5.41) is 28.4. The number of hydrogen-bond acceptors (Lipinski definition) is 7. The molecule has 1 heterocycles. The molecule has 1 aromatic carbocycles. The largest absolute Gasteiger partial charge is 0.323 e. The molecule has 1 amide bonds. The van der Waals surface area contributed by atoms with E-state index in [1.807, 2.05) is 0 Å². The van der Waals surface area contributed by atoms with E-state index < -0.39 is 10.8 Å². The Balaban J connectivity index is 2.45. The Morgan fingerprint density at radius 3 is 2.89 bits per heavy atom. The first-order valence-corrected chi connectivity index (χ1v) is 4.70. The SMILES string of the molecule is N#CCC(=O)Nc1ccc([N+](=O)[O-])c2nonc12. The Kier molecular flexibility index (Phi) is 2.84. The Morgan fingerprint density at radius 1 is 1.50 bits per heavy atom. The van der Waals surface area contributed by atoms with E-state index in [9.17, 15) is 14.9 Å². The molecular weight excluding hydrogens is 242 g/mol. The zero-order chi connectivity index (χ0) is 13.1. The van der Waals surface area contributed by atoms with Crippen LogP contribution in [0.25, 0.3) is 11.0 Å². The van der Waals surface area contributed by atoms with Crippen LogP contribution in [0.1, 0.15) is 6.42 Å². The molecule has 0 spiro atoms. The molecule has 0 aliphatic heterocycles. The van der Waals surface area contributed by atoms with Gasteiger partial charge in [-0.15, -0.1) is 0 Å². The number of nitrogens with zero attached hydrogens (tertiary/aromatic N) is 4. The number of carbonyl (C=O) groups is 1. The fourth-order valence-electron chi connectivity index (χ4n) is 1.37. The van der Waals surface area contributed by atoms with Crippen LogP contribution in [0.2, 0.25) is 0 Å². The maximum atomic E-state index is 11.3. The fraction of sp³-hybridized carbons (Fsp3) is 0.111. The van der Waals surface area contributed by atoms with E-state index in [4.69, 9.17) is 5.26 Å². The number of nitro benzene ring substituents is 1. The minimum Gasteiger partial charge on any atom is -0.323 e. The molecule has 0 fully saturated rings. The zero-order valence-corrected chi connectivity index (χ0v) is 8.78. The Morgan fingerprint density at radius 2 is 2.22 bits per heavy atom. The lowest BCUT2D eigenvalue weighted by Crippen LogP contribution is -2.10. The van der Waals surface area contributed by atoms with Gasteiger partial charge >= 0.3 is 5.69 Å². The summed E-state index contributed by atoms with van der Waals surface area (Å²) in [4.78, 5) is 21.3. The predicted molar refractivity (Wildman–Crippen MR) is 57.3 cm³/mol. The number of nitrogens with one attached hydrogen (secondary N) is 1. The van der Waals surface area contributed by atoms with Crippen LogP contribution in [0.5, 0.6) is 0 Å². The third-order valence-electron chi connectivity index (χ3n) is 2.10. The lowest BCUT2D eigenvalue weighted by Gasteiger charge is -2.02. The second kappa shape index (κ2) is 4.46. The molecular formula is C9H5N5O4. The number of fused-ring (bicyclic) bond motifs is 1. The zero-order valence-electron chi connectivity index (χ0n) is 8.78. The summed E-state index contributed by atoms with van der Waals surface area (Å²) < 4.78 is 4.42. The van der Waals surface area contributed by atoms with Crippen molar-refractivity contribution in [1.82, 2.24) is 10.3 Å². The highest BCUT2D eigenvalue weighted by Crippen LogP contribution is 2.28. The van der Waals surface area contributed by atoms with E-state index in [-0.39, 0.29) is 28.8 Å². The van der Waals surface area contributed by atoms with Crippen LogP contribution in [0.15, 0.2) is 16.8 Å². The van der Waals surface area contributed by atoms with Gasteiger partial charge in [-0.05, 0) is 16.4 Å². The van der Waals surface area contributed by atoms with Crippen LogP contribution in [0.4, 0.5) is 11.4 Å². The van der Waals surface area contributed by atoms with Crippen molar-refractivity contribution in [1.29, 1.82) is 5.26 Å². The summed E-state index contributed by atoms with van der Waals surface area (Å²) in [5.41, 5.74) is -0.0631. The lowest BCUT2D eigenvalue weighted by molar-refractivity contribution is -0.383. The molecule has 18 heavy (non-hydrogen) atoms. The number of nitro groups is 1. The first kappa shape index (κ1) is 11.5. The molecule has 0 saturated heterocycles. The highest BCUT2D eigenvalue weighted by Gasteiger charge is 2.20. The van der Waals surface area contributed by atoms with Crippen molar-refractivity contribution >= 4 is 28.3 Å². The van der Waals surface area contributed by atoms with Gasteiger partial charge < -0.3 is 5.32 Å². The number of aromatic nitrogens is 2. The average molecular weight is 247 g/mol. The van der Waals surface area contributed by atoms with E-state index >= 15 is 0 Å². The van der Waals surface area contributed by atoms with Crippen molar-refractivity contribution in [2.45, 2.75) is 6.42 Å². The average Bonchev–Trinajstić information content (AvgIpc) is 2.78. The molecule has 2 aromatic rings. The summed E-state index contributed by atoms with van der Waals surface area (Å²) in [6.07, 6.45) is -0.330. The molecule has 0 saturated carbocycles.